The van der Waals surface area contributed by atoms with Crippen molar-refractivity contribution in [2.75, 3.05) is 6.54 Å². The molecule has 0 bridgehead atoms. The molecule has 1 heterocycles. The average molecular weight is 242 g/mol. The van der Waals surface area contributed by atoms with Crippen molar-refractivity contribution in [3.05, 3.63) is 34.6 Å². The Balaban J connectivity index is 2.10. The summed E-state index contributed by atoms with van der Waals surface area (Å²) in [4.78, 5) is 11.5. The lowest BCUT2D eigenvalue weighted by Gasteiger charge is -2.21. The van der Waals surface area contributed by atoms with Crippen molar-refractivity contribution in [2.45, 2.75) is 19.3 Å². The summed E-state index contributed by atoms with van der Waals surface area (Å²) < 4.78 is 13.5. The molecular formula is C12H13ClFNO. The van der Waals surface area contributed by atoms with Crippen molar-refractivity contribution in [3.8, 4) is 0 Å². The molecule has 1 aliphatic rings. The second-order valence-electron chi connectivity index (χ2n) is 4.07. The molecule has 1 N–H and O–H groups in total. The minimum Gasteiger partial charge on any atom is -0.356 e. The summed E-state index contributed by atoms with van der Waals surface area (Å²) in [5.41, 5.74) is 0.562. The van der Waals surface area contributed by atoms with Gasteiger partial charge in [0.05, 0.1) is 0 Å². The third kappa shape index (κ3) is 2.53. The molecule has 0 aromatic heterocycles. The molecule has 2 rings (SSSR count). The summed E-state index contributed by atoms with van der Waals surface area (Å²) >= 11 is 5.67. The molecular weight excluding hydrogens is 229 g/mol. The molecule has 1 aromatic carbocycles. The highest BCUT2D eigenvalue weighted by atomic mass is 35.5. The predicted molar refractivity (Wildman–Crippen MR) is 60.8 cm³/mol. The van der Waals surface area contributed by atoms with Crippen LogP contribution in [0.15, 0.2) is 18.2 Å². The van der Waals surface area contributed by atoms with Gasteiger partial charge >= 0.3 is 0 Å². The molecule has 1 aliphatic heterocycles. The Morgan fingerprint density at radius 3 is 3.00 bits per heavy atom. The summed E-state index contributed by atoms with van der Waals surface area (Å²) in [5, 5.41) is 3.18. The van der Waals surface area contributed by atoms with E-state index in [1.54, 1.807) is 12.1 Å². The number of carbonyl (C=O) groups is 1. The minimum absolute atomic E-state index is 0.0283. The third-order valence-corrected chi connectivity index (χ3v) is 3.12. The van der Waals surface area contributed by atoms with Crippen LogP contribution >= 0.6 is 11.6 Å². The molecule has 1 aromatic rings. The molecule has 4 heteroatoms. The van der Waals surface area contributed by atoms with Gasteiger partial charge in [0, 0.05) is 17.5 Å². The molecule has 0 aliphatic carbocycles. The molecule has 1 saturated heterocycles. The zero-order chi connectivity index (χ0) is 11.5. The zero-order valence-electron chi connectivity index (χ0n) is 8.80. The first-order valence-corrected chi connectivity index (χ1v) is 5.76. The first kappa shape index (κ1) is 11.4. The molecule has 16 heavy (non-hydrogen) atoms. The van der Waals surface area contributed by atoms with Crippen LogP contribution in [-0.2, 0) is 11.2 Å². The van der Waals surface area contributed by atoms with Gasteiger partial charge in [0.25, 0.3) is 0 Å². The molecule has 1 amide bonds. The molecule has 0 spiro atoms. The number of benzene rings is 1. The fraction of sp³-hybridized carbons (Fsp3) is 0.417. The lowest BCUT2D eigenvalue weighted by molar-refractivity contribution is -0.126. The Morgan fingerprint density at radius 1 is 1.50 bits per heavy atom. The average Bonchev–Trinajstić information content (AvgIpc) is 2.25. The molecule has 1 fully saturated rings. The quantitative estimate of drug-likeness (QED) is 0.847. The van der Waals surface area contributed by atoms with Crippen LogP contribution in [-0.4, -0.2) is 12.5 Å². The predicted octanol–water partition coefficient (Wildman–Crippen LogP) is 2.55. The van der Waals surface area contributed by atoms with Gasteiger partial charge in [-0.2, -0.15) is 0 Å². The Bertz CT molecular complexity index is 408. The van der Waals surface area contributed by atoms with Crippen LogP contribution in [0.5, 0.6) is 0 Å². The van der Waals surface area contributed by atoms with Crippen LogP contribution in [0.25, 0.3) is 0 Å². The Hall–Kier alpha value is -1.09. The number of hydrogen-bond acceptors (Lipinski definition) is 1. The first-order chi connectivity index (χ1) is 7.66. The fourth-order valence-corrected chi connectivity index (χ4v) is 2.14. The highest BCUT2D eigenvalue weighted by Crippen LogP contribution is 2.21. The van der Waals surface area contributed by atoms with Gasteiger partial charge < -0.3 is 5.32 Å². The maximum atomic E-state index is 13.5. The second kappa shape index (κ2) is 4.83. The lowest BCUT2D eigenvalue weighted by atomic mass is 9.91. The van der Waals surface area contributed by atoms with E-state index in [-0.39, 0.29) is 17.6 Å². The van der Waals surface area contributed by atoms with E-state index < -0.39 is 0 Å². The van der Waals surface area contributed by atoms with Gasteiger partial charge in [-0.3, -0.25) is 4.79 Å². The lowest BCUT2D eigenvalue weighted by Crippen LogP contribution is -2.37. The van der Waals surface area contributed by atoms with Crippen molar-refractivity contribution in [3.63, 3.8) is 0 Å². The molecule has 1 unspecified atom stereocenters. The van der Waals surface area contributed by atoms with Crippen LogP contribution < -0.4 is 5.32 Å². The maximum absolute atomic E-state index is 13.5. The first-order valence-electron chi connectivity index (χ1n) is 5.38. The van der Waals surface area contributed by atoms with Gasteiger partial charge in [0.2, 0.25) is 5.91 Å². The van der Waals surface area contributed by atoms with E-state index in [4.69, 9.17) is 11.6 Å². The van der Waals surface area contributed by atoms with E-state index in [1.807, 2.05) is 0 Å². The highest BCUT2D eigenvalue weighted by molar-refractivity contribution is 6.30. The van der Waals surface area contributed by atoms with E-state index in [2.05, 4.69) is 5.32 Å². The van der Waals surface area contributed by atoms with Gasteiger partial charge in [-0.05, 0) is 37.0 Å². The number of carbonyl (C=O) groups excluding carboxylic acids is 1. The van der Waals surface area contributed by atoms with E-state index >= 15 is 0 Å². The third-order valence-electron chi connectivity index (χ3n) is 2.88. The summed E-state index contributed by atoms with van der Waals surface area (Å²) in [6.45, 7) is 0.735. The molecule has 0 radical (unpaired) electrons. The van der Waals surface area contributed by atoms with Crippen LogP contribution in [0.1, 0.15) is 18.4 Å². The number of hydrogen-bond donors (Lipinski definition) is 1. The molecule has 1 atom stereocenters. The van der Waals surface area contributed by atoms with Gasteiger partial charge in [0.1, 0.15) is 5.82 Å². The Kier molecular flexibility index (Phi) is 3.44. The van der Waals surface area contributed by atoms with Crippen molar-refractivity contribution in [1.82, 2.24) is 5.32 Å². The van der Waals surface area contributed by atoms with E-state index in [1.165, 1.54) is 6.07 Å². The summed E-state index contributed by atoms with van der Waals surface area (Å²) in [6, 6.07) is 4.60. The number of nitrogens with one attached hydrogen (secondary N) is 1. The fourth-order valence-electron chi connectivity index (χ4n) is 1.98. The van der Waals surface area contributed by atoms with Crippen molar-refractivity contribution in [2.24, 2.45) is 5.92 Å². The van der Waals surface area contributed by atoms with Crippen LogP contribution in [0, 0.1) is 11.7 Å². The highest BCUT2D eigenvalue weighted by Gasteiger charge is 2.23. The van der Waals surface area contributed by atoms with Crippen LogP contribution in [0.4, 0.5) is 4.39 Å². The van der Waals surface area contributed by atoms with Crippen molar-refractivity contribution < 1.29 is 9.18 Å². The molecule has 86 valence electrons. The van der Waals surface area contributed by atoms with Gasteiger partial charge in [-0.1, -0.05) is 17.7 Å². The smallest absolute Gasteiger partial charge is 0.223 e. The summed E-state index contributed by atoms with van der Waals surface area (Å²) in [7, 11) is 0. The van der Waals surface area contributed by atoms with Gasteiger partial charge in [-0.25, -0.2) is 4.39 Å². The largest absolute Gasteiger partial charge is 0.356 e. The van der Waals surface area contributed by atoms with Crippen molar-refractivity contribution >= 4 is 17.5 Å². The Labute approximate surface area is 98.8 Å². The number of piperidine rings is 1. The van der Waals surface area contributed by atoms with E-state index in [9.17, 15) is 9.18 Å². The van der Waals surface area contributed by atoms with Crippen LogP contribution in [0.2, 0.25) is 5.02 Å². The van der Waals surface area contributed by atoms with E-state index in [0.29, 0.717) is 17.0 Å². The topological polar surface area (TPSA) is 29.1 Å². The number of halogens is 2. The Morgan fingerprint density at radius 2 is 2.31 bits per heavy atom. The maximum Gasteiger partial charge on any atom is 0.223 e. The van der Waals surface area contributed by atoms with E-state index in [0.717, 1.165) is 19.4 Å². The standard InChI is InChI=1S/C12H13ClFNO/c13-10-4-3-8(11(14)7-10)6-9-2-1-5-15-12(9)16/h3-4,7,9H,1-2,5-6H2,(H,15,16). The summed E-state index contributed by atoms with van der Waals surface area (Å²) in [5.74, 6) is -0.407. The summed E-state index contributed by atoms with van der Waals surface area (Å²) in [6.07, 6.45) is 2.24. The molecule has 2 nitrogen and oxygen atoms in total. The number of rotatable bonds is 2. The SMILES string of the molecule is O=C1NCCCC1Cc1ccc(Cl)cc1F. The minimum atomic E-state index is -0.328. The number of amides is 1. The zero-order valence-corrected chi connectivity index (χ0v) is 9.56. The van der Waals surface area contributed by atoms with Gasteiger partial charge in [-0.15, -0.1) is 0 Å². The monoisotopic (exact) mass is 241 g/mol. The van der Waals surface area contributed by atoms with Crippen LogP contribution in [0.3, 0.4) is 0 Å². The molecule has 0 saturated carbocycles. The normalized spacial score (nSPS) is 20.6. The second-order valence-corrected chi connectivity index (χ2v) is 4.51. The van der Waals surface area contributed by atoms with Gasteiger partial charge in [0.15, 0.2) is 0 Å². The van der Waals surface area contributed by atoms with Crippen molar-refractivity contribution in [1.29, 1.82) is 0 Å².